The summed E-state index contributed by atoms with van der Waals surface area (Å²) < 4.78 is 12.8. The van der Waals surface area contributed by atoms with Crippen LogP contribution in [-0.2, 0) is 0 Å². The third kappa shape index (κ3) is 2.90. The molecular formula is C18H18N6O3. The van der Waals surface area contributed by atoms with E-state index < -0.39 is 0 Å². The van der Waals surface area contributed by atoms with Crippen molar-refractivity contribution in [3.05, 3.63) is 42.2 Å². The van der Waals surface area contributed by atoms with Gasteiger partial charge in [0, 0.05) is 19.1 Å². The molecule has 0 spiro atoms. The highest BCUT2D eigenvalue weighted by atomic mass is 16.6. The summed E-state index contributed by atoms with van der Waals surface area (Å²) >= 11 is 0. The summed E-state index contributed by atoms with van der Waals surface area (Å²) in [6, 6.07) is 9.23. The van der Waals surface area contributed by atoms with Crippen LogP contribution < -0.4 is 19.7 Å². The fourth-order valence-electron chi connectivity index (χ4n) is 3.49. The second-order valence-electron chi connectivity index (χ2n) is 6.56. The lowest BCUT2D eigenvalue weighted by Crippen LogP contribution is -2.37. The second-order valence-corrected chi connectivity index (χ2v) is 6.56. The van der Waals surface area contributed by atoms with Gasteiger partial charge in [0.1, 0.15) is 25.4 Å². The normalized spacial score (nSPS) is 18.7. The number of anilines is 1. The number of rotatable bonds is 3. The lowest BCUT2D eigenvalue weighted by atomic mass is 10.1. The van der Waals surface area contributed by atoms with Crippen molar-refractivity contribution in [3.63, 3.8) is 0 Å². The maximum absolute atomic E-state index is 12.8. The largest absolute Gasteiger partial charge is 0.486 e. The minimum atomic E-state index is -0.147. The van der Waals surface area contributed by atoms with Crippen LogP contribution in [0.1, 0.15) is 16.8 Å². The average molecular weight is 366 g/mol. The SMILES string of the molecule is O=C(NC1CCN(c2ccc3nncn3n2)C1)c1cccc2c1OCCO2. The molecule has 2 aromatic heterocycles. The molecule has 9 heteroatoms. The van der Waals surface area contributed by atoms with Crippen LogP contribution >= 0.6 is 0 Å². The number of amides is 1. The van der Waals surface area contributed by atoms with E-state index in [2.05, 4.69) is 25.5 Å². The predicted molar refractivity (Wildman–Crippen MR) is 96.3 cm³/mol. The van der Waals surface area contributed by atoms with Gasteiger partial charge >= 0.3 is 0 Å². The van der Waals surface area contributed by atoms with Crippen molar-refractivity contribution >= 4 is 17.4 Å². The van der Waals surface area contributed by atoms with E-state index in [1.807, 2.05) is 24.3 Å². The molecule has 138 valence electrons. The molecular weight excluding hydrogens is 348 g/mol. The molecule has 0 saturated carbocycles. The van der Waals surface area contributed by atoms with Crippen molar-refractivity contribution in [1.29, 1.82) is 0 Å². The minimum absolute atomic E-state index is 0.0382. The van der Waals surface area contributed by atoms with Gasteiger partial charge in [0.25, 0.3) is 5.91 Å². The lowest BCUT2D eigenvalue weighted by Gasteiger charge is -2.21. The van der Waals surface area contributed by atoms with E-state index in [1.165, 1.54) is 0 Å². The van der Waals surface area contributed by atoms with Gasteiger partial charge in [0.05, 0.1) is 5.56 Å². The molecule has 1 unspecified atom stereocenters. The number of fused-ring (bicyclic) bond motifs is 2. The van der Waals surface area contributed by atoms with Gasteiger partial charge < -0.3 is 19.7 Å². The maximum Gasteiger partial charge on any atom is 0.255 e. The topological polar surface area (TPSA) is 93.9 Å². The van der Waals surface area contributed by atoms with Gasteiger partial charge in [-0.25, -0.2) is 0 Å². The van der Waals surface area contributed by atoms with Gasteiger partial charge in [0.2, 0.25) is 0 Å². The summed E-state index contributed by atoms with van der Waals surface area (Å²) in [4.78, 5) is 14.9. The molecule has 9 nitrogen and oxygen atoms in total. The Morgan fingerprint density at radius 2 is 2.11 bits per heavy atom. The highest BCUT2D eigenvalue weighted by molar-refractivity contribution is 5.98. The van der Waals surface area contributed by atoms with Crippen LogP contribution in [0.3, 0.4) is 0 Å². The Morgan fingerprint density at radius 1 is 1.19 bits per heavy atom. The Morgan fingerprint density at radius 3 is 3.07 bits per heavy atom. The smallest absolute Gasteiger partial charge is 0.255 e. The van der Waals surface area contributed by atoms with Crippen molar-refractivity contribution in [2.75, 3.05) is 31.2 Å². The van der Waals surface area contributed by atoms with Crippen molar-refractivity contribution in [2.45, 2.75) is 12.5 Å². The fraction of sp³-hybridized carbons (Fsp3) is 0.333. The van der Waals surface area contributed by atoms with E-state index in [-0.39, 0.29) is 11.9 Å². The lowest BCUT2D eigenvalue weighted by molar-refractivity contribution is 0.0929. The molecule has 1 saturated heterocycles. The van der Waals surface area contributed by atoms with Crippen LogP contribution in [0.15, 0.2) is 36.7 Å². The average Bonchev–Trinajstić information content (AvgIpc) is 3.36. The van der Waals surface area contributed by atoms with Crippen LogP contribution in [0.5, 0.6) is 11.5 Å². The Hall–Kier alpha value is -3.36. The van der Waals surface area contributed by atoms with Crippen molar-refractivity contribution in [2.24, 2.45) is 0 Å². The highest BCUT2D eigenvalue weighted by Gasteiger charge is 2.27. The number of aromatic nitrogens is 4. The van der Waals surface area contributed by atoms with Gasteiger partial charge in [0.15, 0.2) is 17.1 Å². The van der Waals surface area contributed by atoms with Crippen LogP contribution in [0, 0.1) is 0 Å². The second kappa shape index (κ2) is 6.42. The van der Waals surface area contributed by atoms with E-state index >= 15 is 0 Å². The number of hydrogen-bond acceptors (Lipinski definition) is 7. The number of nitrogens with zero attached hydrogens (tertiary/aromatic N) is 5. The van der Waals surface area contributed by atoms with E-state index in [9.17, 15) is 4.79 Å². The molecule has 2 aliphatic heterocycles. The van der Waals surface area contributed by atoms with Crippen molar-refractivity contribution in [1.82, 2.24) is 25.1 Å². The Labute approximate surface area is 154 Å². The molecule has 3 aromatic rings. The summed E-state index contributed by atoms with van der Waals surface area (Å²) in [6.45, 7) is 2.46. The Kier molecular flexibility index (Phi) is 3.77. The number of hydrogen-bond donors (Lipinski definition) is 1. The van der Waals surface area contributed by atoms with Gasteiger partial charge in [-0.3, -0.25) is 4.79 Å². The summed E-state index contributed by atoms with van der Waals surface area (Å²) in [5.74, 6) is 1.84. The van der Waals surface area contributed by atoms with Gasteiger partial charge in [-0.1, -0.05) is 6.07 Å². The predicted octanol–water partition coefficient (Wildman–Crippen LogP) is 0.904. The summed E-state index contributed by atoms with van der Waals surface area (Å²) in [5.41, 5.74) is 1.22. The third-order valence-electron chi connectivity index (χ3n) is 4.81. The van der Waals surface area contributed by atoms with Crippen LogP contribution in [0.2, 0.25) is 0 Å². The van der Waals surface area contributed by atoms with Crippen molar-refractivity contribution < 1.29 is 14.3 Å². The first-order valence-corrected chi connectivity index (χ1v) is 8.89. The standard InChI is InChI=1S/C18H18N6O3/c25-18(13-2-1-3-14-17(13)27-9-8-26-14)20-12-6-7-23(10-12)16-5-4-15-21-19-11-24(15)22-16/h1-5,11-12H,6-10H2,(H,20,25). The molecule has 0 aliphatic carbocycles. The van der Waals surface area contributed by atoms with Crippen LogP contribution in [-0.4, -0.2) is 58.1 Å². The number of carbonyl (C=O) groups excluding carboxylic acids is 1. The first-order valence-electron chi connectivity index (χ1n) is 8.89. The van der Waals surface area contributed by atoms with E-state index in [0.29, 0.717) is 42.5 Å². The summed E-state index contributed by atoms with van der Waals surface area (Å²) in [7, 11) is 0. The van der Waals surface area contributed by atoms with E-state index in [1.54, 1.807) is 16.9 Å². The first kappa shape index (κ1) is 15.9. The molecule has 1 aromatic carbocycles. The first-order chi connectivity index (χ1) is 13.3. The van der Waals surface area contributed by atoms with Crippen LogP contribution in [0.25, 0.3) is 5.65 Å². The molecule has 1 atom stereocenters. The monoisotopic (exact) mass is 366 g/mol. The number of benzene rings is 1. The van der Waals surface area contributed by atoms with Gasteiger partial charge in [-0.2, -0.15) is 4.52 Å². The highest BCUT2D eigenvalue weighted by Crippen LogP contribution is 2.33. The number of ether oxygens (including phenoxy) is 2. The van der Waals surface area contributed by atoms with Gasteiger partial charge in [-0.05, 0) is 30.7 Å². The summed E-state index contributed by atoms with van der Waals surface area (Å²) in [5, 5.41) is 15.4. The minimum Gasteiger partial charge on any atom is -0.486 e. The number of nitrogens with one attached hydrogen (secondary N) is 1. The molecule has 2 aliphatic rings. The number of para-hydroxylation sites is 1. The summed E-state index contributed by atoms with van der Waals surface area (Å²) in [6.07, 6.45) is 2.43. The molecule has 4 heterocycles. The molecule has 1 fully saturated rings. The Balaban J connectivity index is 1.29. The maximum atomic E-state index is 12.8. The third-order valence-corrected chi connectivity index (χ3v) is 4.81. The van der Waals surface area contributed by atoms with E-state index in [0.717, 1.165) is 18.8 Å². The number of carbonyl (C=O) groups is 1. The van der Waals surface area contributed by atoms with E-state index in [4.69, 9.17) is 9.47 Å². The molecule has 0 radical (unpaired) electrons. The molecule has 5 rings (SSSR count). The van der Waals surface area contributed by atoms with Gasteiger partial charge in [-0.15, -0.1) is 15.3 Å². The zero-order valence-electron chi connectivity index (χ0n) is 14.5. The molecule has 1 N–H and O–H groups in total. The van der Waals surface area contributed by atoms with Crippen LogP contribution in [0.4, 0.5) is 5.82 Å². The Bertz CT molecular complexity index is 1000. The molecule has 0 bridgehead atoms. The zero-order valence-corrected chi connectivity index (χ0v) is 14.5. The van der Waals surface area contributed by atoms with Crippen molar-refractivity contribution in [3.8, 4) is 11.5 Å². The quantitative estimate of drug-likeness (QED) is 0.736. The molecule has 1 amide bonds. The fourth-order valence-corrected chi connectivity index (χ4v) is 3.49. The molecule has 27 heavy (non-hydrogen) atoms. The zero-order chi connectivity index (χ0) is 18.2.